The fourth-order valence-electron chi connectivity index (χ4n) is 3.16. The molecule has 10 nitrogen and oxygen atoms in total. The van der Waals surface area contributed by atoms with E-state index >= 15 is 0 Å². The number of hydrazine groups is 1. The molecular weight excluding hydrogens is 310 g/mol. The Morgan fingerprint density at radius 1 is 1.21 bits per heavy atom. The molecule has 0 aromatic carbocycles. The summed E-state index contributed by atoms with van der Waals surface area (Å²) in [5.74, 6) is 2.63. The Labute approximate surface area is 137 Å². The highest BCUT2D eigenvalue weighted by Crippen LogP contribution is 2.26. The number of rotatable bonds is 3. The minimum absolute atomic E-state index is 0.104. The molecule has 2 atom stereocenters. The molecular formula is C14H17N9O. The van der Waals surface area contributed by atoms with E-state index in [1.165, 1.54) is 0 Å². The van der Waals surface area contributed by atoms with Crippen LogP contribution in [0.3, 0.4) is 0 Å². The van der Waals surface area contributed by atoms with Crippen molar-refractivity contribution < 1.29 is 4.74 Å². The second kappa shape index (κ2) is 5.58. The molecule has 2 N–H and O–H groups in total. The molecule has 2 aliphatic heterocycles. The number of hydrogen-bond acceptors (Lipinski definition) is 8. The van der Waals surface area contributed by atoms with Gasteiger partial charge in [0.15, 0.2) is 23.1 Å². The summed E-state index contributed by atoms with van der Waals surface area (Å²) in [7, 11) is 0. The van der Waals surface area contributed by atoms with Crippen LogP contribution in [0.1, 0.15) is 36.5 Å². The number of nitrogens with one attached hydrogen (secondary N) is 2. The highest BCUT2D eigenvalue weighted by molar-refractivity contribution is 5.38. The van der Waals surface area contributed by atoms with E-state index in [0.29, 0.717) is 18.1 Å². The average molecular weight is 327 g/mol. The molecule has 124 valence electrons. The number of nitrogens with zero attached hydrogens (tertiary/aromatic N) is 7. The molecule has 10 heteroatoms. The number of fused-ring (bicyclic) bond motifs is 1. The first-order valence-corrected chi connectivity index (χ1v) is 8.09. The smallest absolute Gasteiger partial charge is 0.177 e. The Balaban J connectivity index is 1.61. The van der Waals surface area contributed by atoms with Gasteiger partial charge >= 0.3 is 0 Å². The Morgan fingerprint density at radius 2 is 2.21 bits per heavy atom. The molecule has 0 saturated carbocycles. The largest absolute Gasteiger partial charge is 0.381 e. The van der Waals surface area contributed by atoms with Crippen LogP contribution in [0, 0.1) is 0 Å². The van der Waals surface area contributed by atoms with Crippen LogP contribution in [-0.4, -0.2) is 54.3 Å². The van der Waals surface area contributed by atoms with Crippen LogP contribution in [0.15, 0.2) is 18.5 Å². The quantitative estimate of drug-likeness (QED) is 0.678. The minimum Gasteiger partial charge on any atom is -0.381 e. The summed E-state index contributed by atoms with van der Waals surface area (Å²) in [6.07, 6.45) is 3.49. The van der Waals surface area contributed by atoms with Crippen molar-refractivity contribution >= 4 is 5.65 Å². The third-order valence-corrected chi connectivity index (χ3v) is 4.45. The molecule has 0 aliphatic carbocycles. The highest BCUT2D eigenvalue weighted by atomic mass is 16.5. The maximum Gasteiger partial charge on any atom is 0.177 e. The van der Waals surface area contributed by atoms with Gasteiger partial charge < -0.3 is 4.74 Å². The van der Waals surface area contributed by atoms with E-state index in [-0.39, 0.29) is 12.0 Å². The molecule has 2 aliphatic rings. The van der Waals surface area contributed by atoms with Gasteiger partial charge in [-0.1, -0.05) is 0 Å². The topological polar surface area (TPSA) is 107 Å². The molecule has 2 saturated heterocycles. The average Bonchev–Trinajstić information content (AvgIpc) is 3.41. The lowest BCUT2D eigenvalue weighted by atomic mass is 10.1. The van der Waals surface area contributed by atoms with Gasteiger partial charge in [0, 0.05) is 19.1 Å². The van der Waals surface area contributed by atoms with E-state index in [1.54, 1.807) is 10.8 Å². The van der Waals surface area contributed by atoms with Crippen molar-refractivity contribution in [1.29, 1.82) is 0 Å². The lowest BCUT2D eigenvalue weighted by molar-refractivity contribution is 0.193. The molecule has 24 heavy (non-hydrogen) atoms. The Bertz CT molecular complexity index is 860. The number of ether oxygens (including phenoxy) is 1. The highest BCUT2D eigenvalue weighted by Gasteiger charge is 2.29. The molecule has 3 aromatic rings. The van der Waals surface area contributed by atoms with Crippen molar-refractivity contribution in [3.05, 3.63) is 30.1 Å². The van der Waals surface area contributed by atoms with Gasteiger partial charge in [0.2, 0.25) is 0 Å². The fourth-order valence-corrected chi connectivity index (χ4v) is 3.16. The van der Waals surface area contributed by atoms with Gasteiger partial charge in [-0.3, -0.25) is 5.43 Å². The van der Waals surface area contributed by atoms with Gasteiger partial charge in [0.1, 0.15) is 6.33 Å². The first kappa shape index (κ1) is 14.0. The maximum absolute atomic E-state index is 5.49. The van der Waals surface area contributed by atoms with Crippen molar-refractivity contribution in [2.24, 2.45) is 0 Å². The van der Waals surface area contributed by atoms with E-state index in [2.05, 4.69) is 26.1 Å². The predicted molar refractivity (Wildman–Crippen MR) is 82.4 cm³/mol. The normalized spacial score (nSPS) is 24.2. The summed E-state index contributed by atoms with van der Waals surface area (Å²) in [6.45, 7) is 2.34. The predicted octanol–water partition coefficient (Wildman–Crippen LogP) is -0.252. The molecule has 5 rings (SSSR count). The van der Waals surface area contributed by atoms with E-state index < -0.39 is 0 Å². The van der Waals surface area contributed by atoms with Crippen molar-refractivity contribution in [2.45, 2.75) is 24.8 Å². The molecule has 2 unspecified atom stereocenters. The zero-order chi connectivity index (χ0) is 15.9. The molecule has 0 radical (unpaired) electrons. The Hall–Kier alpha value is -2.43. The zero-order valence-corrected chi connectivity index (χ0v) is 13.0. The fraction of sp³-hybridized carbons (Fsp3) is 0.500. The van der Waals surface area contributed by atoms with Crippen LogP contribution in [0.2, 0.25) is 0 Å². The van der Waals surface area contributed by atoms with E-state index in [0.717, 1.165) is 37.6 Å². The summed E-state index contributed by atoms with van der Waals surface area (Å²) in [4.78, 5) is 4.81. The van der Waals surface area contributed by atoms with Gasteiger partial charge in [-0.25, -0.2) is 10.4 Å². The second-order valence-electron chi connectivity index (χ2n) is 6.04. The summed E-state index contributed by atoms with van der Waals surface area (Å²) in [6, 6.07) is 3.87. The van der Waals surface area contributed by atoms with Crippen molar-refractivity contribution in [3.8, 4) is 5.82 Å². The van der Waals surface area contributed by atoms with Gasteiger partial charge in [-0.05, 0) is 25.0 Å². The monoisotopic (exact) mass is 327 g/mol. The molecule has 0 spiro atoms. The van der Waals surface area contributed by atoms with Crippen LogP contribution in [0.4, 0.5) is 0 Å². The van der Waals surface area contributed by atoms with E-state index in [9.17, 15) is 0 Å². The summed E-state index contributed by atoms with van der Waals surface area (Å²) in [5.41, 5.74) is 7.11. The summed E-state index contributed by atoms with van der Waals surface area (Å²) >= 11 is 0. The molecule has 3 aromatic heterocycles. The van der Waals surface area contributed by atoms with Crippen LogP contribution >= 0.6 is 0 Å². The molecule has 0 bridgehead atoms. The maximum atomic E-state index is 5.49. The van der Waals surface area contributed by atoms with Crippen molar-refractivity contribution in [3.63, 3.8) is 0 Å². The third-order valence-electron chi connectivity index (χ3n) is 4.45. The summed E-state index contributed by atoms with van der Waals surface area (Å²) in [5, 5.41) is 17.1. The Kier molecular flexibility index (Phi) is 3.25. The van der Waals surface area contributed by atoms with Gasteiger partial charge in [-0.15, -0.1) is 20.4 Å². The van der Waals surface area contributed by atoms with E-state index in [1.807, 2.05) is 16.8 Å². The van der Waals surface area contributed by atoms with Crippen LogP contribution in [-0.2, 0) is 4.74 Å². The standard InChI is InChI=1S/C14H17N9O/c1-2-12(20-22-8-16-19-11(1)22)23-14(10-3-5-15-18-10)17-13(21-23)9-4-6-24-7-9/h1-2,8-10,15,18H,3-7H2. The SMILES string of the molecule is c1cc2nncn2nc1-n1nc(C2CCOC2)nc1C1CCNN1. The van der Waals surface area contributed by atoms with Crippen molar-refractivity contribution in [1.82, 2.24) is 45.4 Å². The molecule has 2 fully saturated rings. The number of aromatic nitrogens is 7. The first-order valence-electron chi connectivity index (χ1n) is 8.09. The van der Waals surface area contributed by atoms with Crippen LogP contribution in [0.25, 0.3) is 11.5 Å². The Morgan fingerprint density at radius 3 is 3.04 bits per heavy atom. The van der Waals surface area contributed by atoms with Gasteiger partial charge in [-0.2, -0.15) is 9.20 Å². The lowest BCUT2D eigenvalue weighted by Gasteiger charge is -2.10. The van der Waals surface area contributed by atoms with E-state index in [4.69, 9.17) is 14.8 Å². The van der Waals surface area contributed by atoms with Gasteiger partial charge in [0.05, 0.1) is 12.6 Å². The van der Waals surface area contributed by atoms with Crippen molar-refractivity contribution in [2.75, 3.05) is 19.8 Å². The van der Waals surface area contributed by atoms with Gasteiger partial charge in [0.25, 0.3) is 0 Å². The minimum atomic E-state index is 0.104. The lowest BCUT2D eigenvalue weighted by Crippen LogP contribution is -2.26. The number of hydrogen-bond donors (Lipinski definition) is 2. The molecule has 0 amide bonds. The van der Waals surface area contributed by atoms with Crippen LogP contribution in [0.5, 0.6) is 0 Å². The second-order valence-corrected chi connectivity index (χ2v) is 6.04. The molecule has 5 heterocycles. The summed E-state index contributed by atoms with van der Waals surface area (Å²) < 4.78 is 8.94. The van der Waals surface area contributed by atoms with Crippen LogP contribution < -0.4 is 10.9 Å². The third kappa shape index (κ3) is 2.27. The first-order chi connectivity index (χ1) is 11.9. The zero-order valence-electron chi connectivity index (χ0n) is 13.0.